The third kappa shape index (κ3) is 4.77. The van der Waals surface area contributed by atoms with E-state index >= 15 is 0 Å². The van der Waals surface area contributed by atoms with Crippen LogP contribution in [-0.4, -0.2) is 36.1 Å². The Bertz CT molecular complexity index is 528. The number of hydrogen-bond acceptors (Lipinski definition) is 4. The zero-order valence-electron chi connectivity index (χ0n) is 12.4. The number of aryl methyl sites for hydroxylation is 1. The van der Waals surface area contributed by atoms with Crippen molar-refractivity contribution in [3.63, 3.8) is 0 Å². The van der Waals surface area contributed by atoms with Gasteiger partial charge in [0.25, 0.3) is 5.91 Å². The molecule has 21 heavy (non-hydrogen) atoms. The minimum atomic E-state index is -0.556. The lowest BCUT2D eigenvalue weighted by Gasteiger charge is -2.17. The molecule has 1 aliphatic heterocycles. The molecular weight excluding hydrogens is 288 g/mol. The molecule has 1 heterocycles. The minimum Gasteiger partial charge on any atom is -0.360 e. The Kier molecular flexibility index (Phi) is 4.92. The first kappa shape index (κ1) is 15.9. The van der Waals surface area contributed by atoms with E-state index in [4.69, 9.17) is 21.7 Å². The van der Waals surface area contributed by atoms with Gasteiger partial charge in [0.1, 0.15) is 6.10 Å². The molecule has 1 saturated heterocycles. The van der Waals surface area contributed by atoms with Crippen LogP contribution in [0.1, 0.15) is 29.8 Å². The maximum atomic E-state index is 12.0. The molecule has 1 aromatic rings. The second-order valence-corrected chi connectivity index (χ2v) is 5.89. The van der Waals surface area contributed by atoms with Crippen LogP contribution in [-0.2, 0) is 9.47 Å². The summed E-state index contributed by atoms with van der Waals surface area (Å²) in [5.74, 6) is -0.782. The first-order valence-electron chi connectivity index (χ1n) is 6.83. The first-order chi connectivity index (χ1) is 9.85. The summed E-state index contributed by atoms with van der Waals surface area (Å²) in [5.41, 5.74) is 1.68. The predicted octanol–water partition coefficient (Wildman–Crippen LogP) is 1.75. The lowest BCUT2D eigenvalue weighted by atomic mass is 10.1. The molecule has 0 aromatic heterocycles. The largest absolute Gasteiger partial charge is 0.360 e. The molecule has 1 atom stereocenters. The summed E-state index contributed by atoms with van der Waals surface area (Å²) in [5, 5.41) is 5.90. The molecule has 1 aliphatic rings. The molecule has 1 aromatic carbocycles. The SMILES string of the molecule is Cc1ccc(C(=O)NC(=S)NCC2COC(C)(C)O2)cc1. The van der Waals surface area contributed by atoms with Crippen LogP contribution >= 0.6 is 12.2 Å². The average molecular weight is 308 g/mol. The molecule has 114 valence electrons. The van der Waals surface area contributed by atoms with Gasteiger partial charge in [-0.2, -0.15) is 0 Å². The Hall–Kier alpha value is -1.50. The van der Waals surface area contributed by atoms with Gasteiger partial charge in [-0.15, -0.1) is 0 Å². The standard InChI is InChI=1S/C15H20N2O3S/c1-10-4-6-11(7-5-10)13(18)17-14(21)16-8-12-9-19-15(2,3)20-12/h4-7,12H,8-9H2,1-3H3,(H2,16,17,18,21). The Morgan fingerprint density at radius 1 is 1.38 bits per heavy atom. The van der Waals surface area contributed by atoms with Crippen molar-refractivity contribution >= 4 is 23.2 Å². The van der Waals surface area contributed by atoms with Crippen molar-refractivity contribution < 1.29 is 14.3 Å². The smallest absolute Gasteiger partial charge is 0.257 e. The maximum Gasteiger partial charge on any atom is 0.257 e. The van der Waals surface area contributed by atoms with Crippen molar-refractivity contribution in [3.8, 4) is 0 Å². The van der Waals surface area contributed by atoms with Gasteiger partial charge in [0.05, 0.1) is 6.61 Å². The third-order valence-electron chi connectivity index (χ3n) is 3.10. The molecule has 0 spiro atoms. The molecule has 5 nitrogen and oxygen atoms in total. The summed E-state index contributed by atoms with van der Waals surface area (Å²) in [6.45, 7) is 6.71. The van der Waals surface area contributed by atoms with Crippen LogP contribution in [0.3, 0.4) is 0 Å². The Labute approximate surface area is 130 Å². The molecule has 1 fully saturated rings. The zero-order valence-corrected chi connectivity index (χ0v) is 13.3. The molecule has 1 amide bonds. The summed E-state index contributed by atoms with van der Waals surface area (Å²) in [6.07, 6.45) is -0.0748. The lowest BCUT2D eigenvalue weighted by Crippen LogP contribution is -2.43. The second-order valence-electron chi connectivity index (χ2n) is 5.48. The predicted molar refractivity (Wildman–Crippen MR) is 84.1 cm³/mol. The van der Waals surface area contributed by atoms with E-state index in [1.807, 2.05) is 32.9 Å². The molecule has 2 N–H and O–H groups in total. The van der Waals surface area contributed by atoms with Gasteiger partial charge >= 0.3 is 0 Å². The summed E-state index contributed by atoms with van der Waals surface area (Å²) in [7, 11) is 0. The van der Waals surface area contributed by atoms with E-state index in [0.29, 0.717) is 18.7 Å². The van der Waals surface area contributed by atoms with Crippen LogP contribution in [0.2, 0.25) is 0 Å². The van der Waals surface area contributed by atoms with E-state index in [2.05, 4.69) is 10.6 Å². The van der Waals surface area contributed by atoms with Crippen molar-refractivity contribution in [3.05, 3.63) is 35.4 Å². The highest BCUT2D eigenvalue weighted by Crippen LogP contribution is 2.21. The normalized spacial score (nSPS) is 20.0. The number of ether oxygens (including phenoxy) is 2. The molecule has 0 bridgehead atoms. The monoisotopic (exact) mass is 308 g/mol. The van der Waals surface area contributed by atoms with Gasteiger partial charge in [0, 0.05) is 12.1 Å². The van der Waals surface area contributed by atoms with Crippen molar-refractivity contribution in [2.75, 3.05) is 13.2 Å². The van der Waals surface area contributed by atoms with Gasteiger partial charge in [0.15, 0.2) is 10.9 Å². The maximum absolute atomic E-state index is 12.0. The fraction of sp³-hybridized carbons (Fsp3) is 0.467. The number of nitrogens with one attached hydrogen (secondary N) is 2. The number of thiocarbonyl (C=S) groups is 1. The van der Waals surface area contributed by atoms with E-state index in [0.717, 1.165) is 5.56 Å². The van der Waals surface area contributed by atoms with Gasteiger partial charge in [-0.25, -0.2) is 0 Å². The highest BCUT2D eigenvalue weighted by Gasteiger charge is 2.32. The second kappa shape index (κ2) is 6.51. The van der Waals surface area contributed by atoms with Gasteiger partial charge in [-0.05, 0) is 45.1 Å². The number of hydrogen-bond donors (Lipinski definition) is 2. The van der Waals surface area contributed by atoms with Crippen molar-refractivity contribution in [1.82, 2.24) is 10.6 Å². The van der Waals surface area contributed by atoms with E-state index in [-0.39, 0.29) is 17.1 Å². The number of benzene rings is 1. The molecule has 1 unspecified atom stereocenters. The van der Waals surface area contributed by atoms with E-state index in [9.17, 15) is 4.79 Å². The van der Waals surface area contributed by atoms with Crippen LogP contribution in [0, 0.1) is 6.92 Å². The topological polar surface area (TPSA) is 59.6 Å². The van der Waals surface area contributed by atoms with Crippen molar-refractivity contribution in [1.29, 1.82) is 0 Å². The molecule has 0 aliphatic carbocycles. The number of carbonyl (C=O) groups excluding carboxylic acids is 1. The van der Waals surface area contributed by atoms with Gasteiger partial charge < -0.3 is 14.8 Å². The van der Waals surface area contributed by atoms with Crippen LogP contribution < -0.4 is 10.6 Å². The first-order valence-corrected chi connectivity index (χ1v) is 7.24. The van der Waals surface area contributed by atoms with Crippen molar-refractivity contribution in [2.24, 2.45) is 0 Å². The third-order valence-corrected chi connectivity index (χ3v) is 3.34. The van der Waals surface area contributed by atoms with E-state index in [1.54, 1.807) is 12.1 Å². The number of rotatable bonds is 3. The number of carbonyl (C=O) groups is 1. The summed E-state index contributed by atoms with van der Waals surface area (Å²) in [4.78, 5) is 12.0. The average Bonchev–Trinajstić information content (AvgIpc) is 2.77. The summed E-state index contributed by atoms with van der Waals surface area (Å²) < 4.78 is 11.1. The van der Waals surface area contributed by atoms with Crippen LogP contribution in [0.5, 0.6) is 0 Å². The Morgan fingerprint density at radius 2 is 2.05 bits per heavy atom. The fourth-order valence-electron chi connectivity index (χ4n) is 1.99. The van der Waals surface area contributed by atoms with Gasteiger partial charge in [-0.1, -0.05) is 17.7 Å². The molecule has 6 heteroatoms. The molecular formula is C15H20N2O3S. The summed E-state index contributed by atoms with van der Waals surface area (Å²) >= 11 is 5.11. The van der Waals surface area contributed by atoms with E-state index in [1.165, 1.54) is 0 Å². The van der Waals surface area contributed by atoms with Crippen molar-refractivity contribution in [2.45, 2.75) is 32.7 Å². The Morgan fingerprint density at radius 3 is 2.62 bits per heavy atom. The molecule has 0 saturated carbocycles. The molecule has 0 radical (unpaired) electrons. The van der Waals surface area contributed by atoms with Crippen LogP contribution in [0.25, 0.3) is 0 Å². The van der Waals surface area contributed by atoms with Crippen LogP contribution in [0.4, 0.5) is 0 Å². The number of amides is 1. The van der Waals surface area contributed by atoms with Gasteiger partial charge in [-0.3, -0.25) is 10.1 Å². The fourth-order valence-corrected chi connectivity index (χ4v) is 2.17. The lowest BCUT2D eigenvalue weighted by molar-refractivity contribution is -0.137. The zero-order chi connectivity index (χ0) is 15.5. The van der Waals surface area contributed by atoms with E-state index < -0.39 is 5.79 Å². The molecule has 2 rings (SSSR count). The quantitative estimate of drug-likeness (QED) is 0.833. The highest BCUT2D eigenvalue weighted by atomic mass is 32.1. The Balaban J connectivity index is 1.77. The highest BCUT2D eigenvalue weighted by molar-refractivity contribution is 7.80. The minimum absolute atomic E-state index is 0.0748. The van der Waals surface area contributed by atoms with Gasteiger partial charge in [0.2, 0.25) is 0 Å². The summed E-state index contributed by atoms with van der Waals surface area (Å²) in [6, 6.07) is 7.31. The van der Waals surface area contributed by atoms with Crippen LogP contribution in [0.15, 0.2) is 24.3 Å².